The summed E-state index contributed by atoms with van der Waals surface area (Å²) >= 11 is 0. The molecule has 0 saturated carbocycles. The zero-order chi connectivity index (χ0) is 16.7. The predicted octanol–water partition coefficient (Wildman–Crippen LogP) is 2.22. The Bertz CT molecular complexity index is 660. The second-order valence-corrected chi connectivity index (χ2v) is 7.52. The van der Waals surface area contributed by atoms with Crippen LogP contribution in [0.3, 0.4) is 0 Å². The summed E-state index contributed by atoms with van der Waals surface area (Å²) in [5.41, 5.74) is 1.30. The Labute approximate surface area is 142 Å². The molecule has 0 radical (unpaired) electrons. The van der Waals surface area contributed by atoms with Gasteiger partial charge in [-0.3, -0.25) is 9.69 Å². The van der Waals surface area contributed by atoms with Gasteiger partial charge in [-0.1, -0.05) is 18.2 Å². The standard InChI is InChI=1S/C19H24N2O3/c22-18-7-3-6-17-15-8-13(10-21(17)18)9-20(12-15)11-14-4-1-2-5-16(14)19(23)24/h1-2,4-5,13,15,17H,3,6-12H2,(H,23,24)/t13?,15?,17-/m0/s1. The van der Waals surface area contributed by atoms with Crippen LogP contribution in [0.1, 0.15) is 41.6 Å². The molecule has 3 saturated heterocycles. The summed E-state index contributed by atoms with van der Waals surface area (Å²) in [5, 5.41) is 9.38. The molecule has 0 aromatic heterocycles. The van der Waals surface area contributed by atoms with E-state index in [-0.39, 0.29) is 0 Å². The molecular formula is C19H24N2O3. The van der Waals surface area contributed by atoms with Crippen molar-refractivity contribution in [2.75, 3.05) is 19.6 Å². The molecule has 4 rings (SSSR count). The highest BCUT2D eigenvalue weighted by molar-refractivity contribution is 5.89. The SMILES string of the molecule is O=C(O)c1ccccc1CN1CC2CC(C1)[C@@H]1CCCC(=O)N1C2. The van der Waals surface area contributed by atoms with Gasteiger partial charge in [0.15, 0.2) is 0 Å². The summed E-state index contributed by atoms with van der Waals surface area (Å²) in [4.78, 5) is 28.2. The van der Waals surface area contributed by atoms with Crippen LogP contribution in [0.15, 0.2) is 24.3 Å². The van der Waals surface area contributed by atoms with Crippen LogP contribution in [0, 0.1) is 11.8 Å². The molecule has 3 aliphatic heterocycles. The lowest BCUT2D eigenvalue weighted by Crippen LogP contribution is -2.60. The lowest BCUT2D eigenvalue weighted by Gasteiger charge is -2.52. The molecule has 128 valence electrons. The van der Waals surface area contributed by atoms with Gasteiger partial charge in [0.05, 0.1) is 5.56 Å². The fourth-order valence-electron chi connectivity index (χ4n) is 4.95. The van der Waals surface area contributed by atoms with Gasteiger partial charge in [0.25, 0.3) is 0 Å². The molecule has 1 N–H and O–H groups in total. The van der Waals surface area contributed by atoms with Gasteiger partial charge in [-0.2, -0.15) is 0 Å². The predicted molar refractivity (Wildman–Crippen MR) is 89.6 cm³/mol. The molecule has 3 heterocycles. The number of nitrogens with zero attached hydrogens (tertiary/aromatic N) is 2. The Morgan fingerprint density at radius 1 is 1.21 bits per heavy atom. The average Bonchev–Trinajstić information content (AvgIpc) is 2.56. The maximum absolute atomic E-state index is 12.2. The van der Waals surface area contributed by atoms with Gasteiger partial charge in [0.1, 0.15) is 0 Å². The second kappa shape index (κ2) is 6.20. The fraction of sp³-hybridized carbons (Fsp3) is 0.579. The molecule has 3 atom stereocenters. The highest BCUT2D eigenvalue weighted by atomic mass is 16.4. The third-order valence-electron chi connectivity index (χ3n) is 5.90. The summed E-state index contributed by atoms with van der Waals surface area (Å²) in [6.07, 6.45) is 4.07. The van der Waals surface area contributed by atoms with Crippen molar-refractivity contribution in [2.45, 2.75) is 38.3 Å². The second-order valence-electron chi connectivity index (χ2n) is 7.52. The quantitative estimate of drug-likeness (QED) is 0.924. The van der Waals surface area contributed by atoms with Crippen molar-refractivity contribution in [3.63, 3.8) is 0 Å². The maximum atomic E-state index is 12.2. The number of benzene rings is 1. The first kappa shape index (κ1) is 15.6. The number of hydrogen-bond donors (Lipinski definition) is 1. The Morgan fingerprint density at radius 3 is 2.88 bits per heavy atom. The van der Waals surface area contributed by atoms with Crippen LogP contribution in [0.2, 0.25) is 0 Å². The van der Waals surface area contributed by atoms with Crippen LogP contribution in [0.5, 0.6) is 0 Å². The van der Waals surface area contributed by atoms with E-state index in [9.17, 15) is 14.7 Å². The molecule has 0 aliphatic carbocycles. The molecule has 5 heteroatoms. The van der Waals surface area contributed by atoms with E-state index in [4.69, 9.17) is 0 Å². The van der Waals surface area contributed by atoms with E-state index >= 15 is 0 Å². The number of fused-ring (bicyclic) bond motifs is 4. The maximum Gasteiger partial charge on any atom is 0.336 e. The number of carboxylic acid groups (broad SMARTS) is 1. The minimum Gasteiger partial charge on any atom is -0.478 e. The lowest BCUT2D eigenvalue weighted by molar-refractivity contribution is -0.145. The summed E-state index contributed by atoms with van der Waals surface area (Å²) in [5.74, 6) is 0.551. The highest BCUT2D eigenvalue weighted by Crippen LogP contribution is 2.38. The summed E-state index contributed by atoms with van der Waals surface area (Å²) in [6, 6.07) is 7.70. The van der Waals surface area contributed by atoms with Gasteiger partial charge in [-0.15, -0.1) is 0 Å². The molecule has 1 aromatic carbocycles. The van der Waals surface area contributed by atoms with Crippen LogP contribution < -0.4 is 0 Å². The van der Waals surface area contributed by atoms with Crippen LogP contribution in [-0.2, 0) is 11.3 Å². The molecule has 2 unspecified atom stereocenters. The first-order chi connectivity index (χ1) is 11.6. The molecule has 3 aliphatic rings. The first-order valence-electron chi connectivity index (χ1n) is 8.95. The number of amides is 1. The van der Waals surface area contributed by atoms with Crippen molar-refractivity contribution in [3.8, 4) is 0 Å². The van der Waals surface area contributed by atoms with Crippen molar-refractivity contribution in [1.29, 1.82) is 0 Å². The van der Waals surface area contributed by atoms with E-state index < -0.39 is 5.97 Å². The summed E-state index contributed by atoms with van der Waals surface area (Å²) in [7, 11) is 0. The van der Waals surface area contributed by atoms with Crippen LogP contribution in [0.25, 0.3) is 0 Å². The number of piperidine rings is 3. The molecular weight excluding hydrogens is 304 g/mol. The van der Waals surface area contributed by atoms with Crippen molar-refractivity contribution in [2.24, 2.45) is 11.8 Å². The third kappa shape index (κ3) is 2.81. The van der Waals surface area contributed by atoms with Gasteiger partial charge in [0, 0.05) is 38.6 Å². The van der Waals surface area contributed by atoms with Crippen LogP contribution in [0.4, 0.5) is 0 Å². The Balaban J connectivity index is 1.50. The topological polar surface area (TPSA) is 60.9 Å². The lowest BCUT2D eigenvalue weighted by atomic mass is 9.76. The molecule has 2 bridgehead atoms. The number of rotatable bonds is 3. The number of carbonyl (C=O) groups excluding carboxylic acids is 1. The summed E-state index contributed by atoms with van der Waals surface area (Å²) in [6.45, 7) is 3.51. The number of carbonyl (C=O) groups is 2. The van der Waals surface area contributed by atoms with Gasteiger partial charge in [-0.25, -0.2) is 4.79 Å². The van der Waals surface area contributed by atoms with Crippen LogP contribution in [-0.4, -0.2) is 52.5 Å². The van der Waals surface area contributed by atoms with E-state index in [1.807, 2.05) is 12.1 Å². The van der Waals surface area contributed by atoms with Crippen molar-refractivity contribution in [1.82, 2.24) is 9.80 Å². The van der Waals surface area contributed by atoms with E-state index in [0.717, 1.165) is 38.0 Å². The molecule has 0 spiro atoms. The van der Waals surface area contributed by atoms with E-state index in [0.29, 0.717) is 42.3 Å². The largest absolute Gasteiger partial charge is 0.478 e. The third-order valence-corrected chi connectivity index (χ3v) is 5.90. The number of likely N-dealkylation sites (tertiary alicyclic amines) is 1. The summed E-state index contributed by atoms with van der Waals surface area (Å²) < 4.78 is 0. The minimum absolute atomic E-state index is 0.339. The minimum atomic E-state index is -0.855. The molecule has 3 fully saturated rings. The van der Waals surface area contributed by atoms with E-state index in [1.165, 1.54) is 6.42 Å². The van der Waals surface area contributed by atoms with Crippen LogP contribution >= 0.6 is 0 Å². The van der Waals surface area contributed by atoms with E-state index in [1.54, 1.807) is 12.1 Å². The smallest absolute Gasteiger partial charge is 0.336 e. The molecule has 24 heavy (non-hydrogen) atoms. The first-order valence-corrected chi connectivity index (χ1v) is 8.95. The van der Waals surface area contributed by atoms with Gasteiger partial charge in [0.2, 0.25) is 5.91 Å². The number of hydrogen-bond acceptors (Lipinski definition) is 3. The number of carboxylic acids is 1. The molecule has 5 nitrogen and oxygen atoms in total. The average molecular weight is 328 g/mol. The highest BCUT2D eigenvalue weighted by Gasteiger charge is 2.43. The molecule has 1 amide bonds. The molecule has 1 aromatic rings. The number of aromatic carboxylic acids is 1. The Hall–Kier alpha value is -1.88. The zero-order valence-electron chi connectivity index (χ0n) is 13.9. The van der Waals surface area contributed by atoms with E-state index in [2.05, 4.69) is 9.80 Å². The Kier molecular flexibility index (Phi) is 4.04. The fourth-order valence-corrected chi connectivity index (χ4v) is 4.95. The van der Waals surface area contributed by atoms with Gasteiger partial charge in [-0.05, 0) is 42.7 Å². The van der Waals surface area contributed by atoms with Crippen molar-refractivity contribution >= 4 is 11.9 Å². The monoisotopic (exact) mass is 328 g/mol. The van der Waals surface area contributed by atoms with Crippen molar-refractivity contribution in [3.05, 3.63) is 35.4 Å². The zero-order valence-corrected chi connectivity index (χ0v) is 13.9. The van der Waals surface area contributed by atoms with Gasteiger partial charge < -0.3 is 10.0 Å². The normalized spacial score (nSPS) is 30.1. The van der Waals surface area contributed by atoms with Crippen molar-refractivity contribution < 1.29 is 14.7 Å². The van der Waals surface area contributed by atoms with Gasteiger partial charge >= 0.3 is 5.97 Å². The Morgan fingerprint density at radius 2 is 2.04 bits per heavy atom.